The summed E-state index contributed by atoms with van der Waals surface area (Å²) in [5.41, 5.74) is -0.0510. The van der Waals surface area contributed by atoms with E-state index in [9.17, 15) is 9.59 Å². The van der Waals surface area contributed by atoms with Crippen LogP contribution in [0.1, 0.15) is 48.5 Å². The average molecular weight is 267 g/mol. The molecule has 4 heteroatoms. The molecule has 0 aliphatic carbocycles. The average Bonchev–Trinajstić information content (AvgIpc) is 2.51. The molecule has 0 radical (unpaired) electrons. The zero-order valence-electron chi connectivity index (χ0n) is 13.0. The van der Waals surface area contributed by atoms with Gasteiger partial charge in [-0.25, -0.2) is 4.79 Å². The smallest absolute Gasteiger partial charge is 0.411 e. The standard InChI is InChI=1S/C15H25NO3/c1-8-10-11(17)9-16(12(10)14(2,3)4)13(18)19-15(5,6)7/h8,12H,9H2,1-7H3/b10-8-/t12-/m0/s1. The first-order valence-corrected chi connectivity index (χ1v) is 6.66. The number of ketones is 1. The van der Waals surface area contributed by atoms with Gasteiger partial charge in [-0.1, -0.05) is 26.8 Å². The molecule has 1 heterocycles. The third-order valence-corrected chi connectivity index (χ3v) is 3.00. The van der Waals surface area contributed by atoms with Crippen molar-refractivity contribution in [3.63, 3.8) is 0 Å². The summed E-state index contributed by atoms with van der Waals surface area (Å²) in [6.45, 7) is 13.5. The van der Waals surface area contributed by atoms with Crippen molar-refractivity contribution >= 4 is 11.9 Å². The molecule has 0 aromatic carbocycles. The summed E-state index contributed by atoms with van der Waals surface area (Å²) in [6, 6.07) is -0.222. The third-order valence-electron chi connectivity index (χ3n) is 3.00. The molecule has 1 atom stereocenters. The number of likely N-dealkylation sites (tertiary alicyclic amines) is 1. The van der Waals surface area contributed by atoms with Gasteiger partial charge in [0.25, 0.3) is 0 Å². The van der Waals surface area contributed by atoms with Crippen LogP contribution in [0, 0.1) is 5.41 Å². The molecule has 0 spiro atoms. The molecule has 0 aromatic heterocycles. The molecule has 108 valence electrons. The molecule has 0 aromatic rings. The van der Waals surface area contributed by atoms with Crippen LogP contribution in [0.5, 0.6) is 0 Å². The van der Waals surface area contributed by atoms with Gasteiger partial charge in [-0.2, -0.15) is 0 Å². The van der Waals surface area contributed by atoms with Gasteiger partial charge in [0.15, 0.2) is 5.78 Å². The quantitative estimate of drug-likeness (QED) is 0.633. The van der Waals surface area contributed by atoms with Gasteiger partial charge in [-0.3, -0.25) is 9.69 Å². The van der Waals surface area contributed by atoms with Gasteiger partial charge in [0.1, 0.15) is 5.60 Å². The topological polar surface area (TPSA) is 46.6 Å². The molecule has 1 aliphatic heterocycles. The Bertz CT molecular complexity index is 410. The van der Waals surface area contributed by atoms with Crippen LogP contribution in [0.4, 0.5) is 4.79 Å². The summed E-state index contributed by atoms with van der Waals surface area (Å²) in [4.78, 5) is 25.8. The zero-order valence-corrected chi connectivity index (χ0v) is 13.0. The maximum absolute atomic E-state index is 12.2. The van der Waals surface area contributed by atoms with E-state index in [2.05, 4.69) is 0 Å². The first-order chi connectivity index (χ1) is 8.47. The first kappa shape index (κ1) is 15.7. The molecule has 0 unspecified atom stereocenters. The Kier molecular flexibility index (Phi) is 4.13. The second kappa shape index (κ2) is 4.99. The van der Waals surface area contributed by atoms with Gasteiger partial charge >= 0.3 is 6.09 Å². The van der Waals surface area contributed by atoms with Crippen LogP contribution >= 0.6 is 0 Å². The van der Waals surface area contributed by atoms with Gasteiger partial charge in [0.2, 0.25) is 0 Å². The van der Waals surface area contributed by atoms with E-state index in [1.807, 2.05) is 54.5 Å². The molecule has 0 N–H and O–H groups in total. The number of allylic oxidation sites excluding steroid dienone is 1. The molecular formula is C15H25NO3. The van der Waals surface area contributed by atoms with E-state index in [-0.39, 0.29) is 23.8 Å². The van der Waals surface area contributed by atoms with E-state index < -0.39 is 11.7 Å². The van der Waals surface area contributed by atoms with Gasteiger partial charge in [-0.05, 0) is 33.1 Å². The van der Waals surface area contributed by atoms with Crippen molar-refractivity contribution in [2.45, 2.75) is 60.1 Å². The molecule has 1 saturated heterocycles. The van der Waals surface area contributed by atoms with Crippen molar-refractivity contribution in [3.8, 4) is 0 Å². The summed E-state index contributed by atoms with van der Waals surface area (Å²) in [6.07, 6.45) is 1.39. The lowest BCUT2D eigenvalue weighted by molar-refractivity contribution is -0.114. The van der Waals surface area contributed by atoms with E-state index in [4.69, 9.17) is 4.74 Å². The molecule has 4 nitrogen and oxygen atoms in total. The lowest BCUT2D eigenvalue weighted by atomic mass is 9.82. The van der Waals surface area contributed by atoms with Crippen LogP contribution in [0.15, 0.2) is 11.6 Å². The minimum atomic E-state index is -0.554. The van der Waals surface area contributed by atoms with Crippen molar-refractivity contribution in [1.82, 2.24) is 4.90 Å². The van der Waals surface area contributed by atoms with E-state index in [0.717, 1.165) is 0 Å². The second-order valence-corrected chi connectivity index (χ2v) is 7.04. The minimum absolute atomic E-state index is 0.00767. The molecule has 0 saturated carbocycles. The Morgan fingerprint density at radius 2 is 1.79 bits per heavy atom. The summed E-state index contributed by atoms with van der Waals surface area (Å²) in [5.74, 6) is 0.00767. The van der Waals surface area contributed by atoms with Crippen molar-refractivity contribution in [2.24, 2.45) is 5.41 Å². The number of rotatable bonds is 0. The molecule has 19 heavy (non-hydrogen) atoms. The van der Waals surface area contributed by atoms with Gasteiger partial charge in [0, 0.05) is 5.57 Å². The summed E-state index contributed by atoms with van der Waals surface area (Å²) in [5, 5.41) is 0. The summed E-state index contributed by atoms with van der Waals surface area (Å²) in [7, 11) is 0. The van der Waals surface area contributed by atoms with Gasteiger partial charge < -0.3 is 4.74 Å². The lowest BCUT2D eigenvalue weighted by Gasteiger charge is -2.35. The molecule has 1 fully saturated rings. The lowest BCUT2D eigenvalue weighted by Crippen LogP contribution is -2.45. The first-order valence-electron chi connectivity index (χ1n) is 6.66. The fourth-order valence-corrected chi connectivity index (χ4v) is 2.40. The Balaban J connectivity index is 3.07. The van der Waals surface area contributed by atoms with Crippen LogP contribution < -0.4 is 0 Å². The SMILES string of the molecule is C/C=C1/C(=O)CN(C(=O)OC(C)(C)C)[C@@H]1C(C)(C)C. The molecule has 1 rings (SSSR count). The monoisotopic (exact) mass is 267 g/mol. The number of hydrogen-bond acceptors (Lipinski definition) is 3. The number of Topliss-reactive ketones (excluding diaryl/α,β-unsaturated/α-hetero) is 1. The normalized spacial score (nSPS) is 23.1. The van der Waals surface area contributed by atoms with Gasteiger partial charge in [0.05, 0.1) is 12.6 Å². The number of nitrogens with zero attached hydrogens (tertiary/aromatic N) is 1. The van der Waals surface area contributed by atoms with E-state index in [1.165, 1.54) is 0 Å². The fraction of sp³-hybridized carbons (Fsp3) is 0.733. The Labute approximate surface area is 115 Å². The highest BCUT2D eigenvalue weighted by Gasteiger charge is 2.45. The summed E-state index contributed by atoms with van der Waals surface area (Å²) >= 11 is 0. The minimum Gasteiger partial charge on any atom is -0.444 e. The second-order valence-electron chi connectivity index (χ2n) is 7.04. The van der Waals surface area contributed by atoms with E-state index in [0.29, 0.717) is 5.57 Å². The Morgan fingerprint density at radius 1 is 1.26 bits per heavy atom. The molecule has 1 aliphatic rings. The number of carbonyl (C=O) groups is 2. The Morgan fingerprint density at radius 3 is 2.16 bits per heavy atom. The predicted octanol–water partition coefficient (Wildman–Crippen LogP) is 3.17. The van der Waals surface area contributed by atoms with Gasteiger partial charge in [-0.15, -0.1) is 0 Å². The van der Waals surface area contributed by atoms with Crippen molar-refractivity contribution in [3.05, 3.63) is 11.6 Å². The van der Waals surface area contributed by atoms with Crippen LogP contribution in [0.3, 0.4) is 0 Å². The van der Waals surface area contributed by atoms with Crippen LogP contribution in [-0.4, -0.2) is 35.0 Å². The zero-order chi connectivity index (χ0) is 15.0. The molecule has 0 bridgehead atoms. The van der Waals surface area contributed by atoms with Crippen molar-refractivity contribution in [2.75, 3.05) is 6.54 Å². The third kappa shape index (κ3) is 3.58. The largest absolute Gasteiger partial charge is 0.444 e. The maximum atomic E-state index is 12.2. The number of hydrogen-bond donors (Lipinski definition) is 0. The highest BCUT2D eigenvalue weighted by atomic mass is 16.6. The highest BCUT2D eigenvalue weighted by molar-refractivity contribution is 6.03. The number of amides is 1. The van der Waals surface area contributed by atoms with Crippen molar-refractivity contribution in [1.29, 1.82) is 0 Å². The van der Waals surface area contributed by atoms with E-state index in [1.54, 1.807) is 4.90 Å². The van der Waals surface area contributed by atoms with Crippen LogP contribution in [-0.2, 0) is 9.53 Å². The predicted molar refractivity (Wildman–Crippen MR) is 74.9 cm³/mol. The maximum Gasteiger partial charge on any atom is 0.411 e. The van der Waals surface area contributed by atoms with Crippen molar-refractivity contribution < 1.29 is 14.3 Å². The number of carbonyl (C=O) groups excluding carboxylic acids is 2. The molecular weight excluding hydrogens is 242 g/mol. The fourth-order valence-electron chi connectivity index (χ4n) is 2.40. The van der Waals surface area contributed by atoms with Crippen LogP contribution in [0.2, 0.25) is 0 Å². The number of ether oxygens (including phenoxy) is 1. The van der Waals surface area contributed by atoms with E-state index >= 15 is 0 Å². The summed E-state index contributed by atoms with van der Waals surface area (Å²) < 4.78 is 5.40. The molecule has 1 amide bonds. The Hall–Kier alpha value is -1.32. The highest BCUT2D eigenvalue weighted by Crippen LogP contribution is 2.35. The van der Waals surface area contributed by atoms with Crippen LogP contribution in [0.25, 0.3) is 0 Å².